The fourth-order valence-electron chi connectivity index (χ4n) is 1.23. The Labute approximate surface area is 110 Å². The number of anilines is 1. The molecular weight excluding hydrogens is 203 g/mol. The van der Waals surface area contributed by atoms with Crippen LogP contribution < -0.4 is 35.0 Å². The minimum atomic E-state index is -0.938. The van der Waals surface area contributed by atoms with E-state index >= 15 is 0 Å². The molecule has 72 valence electrons. The summed E-state index contributed by atoms with van der Waals surface area (Å²) in [6, 6.07) is 4.88. The summed E-state index contributed by atoms with van der Waals surface area (Å²) in [5.41, 5.74) is 4.64. The van der Waals surface area contributed by atoms with Crippen molar-refractivity contribution < 1.29 is 40.9 Å². The van der Waals surface area contributed by atoms with E-state index in [1.165, 1.54) is 0 Å². The number of carboxylic acid groups (broad SMARTS) is 1. The SMILES string of the molecule is O=C(O)c1ccc2c(c1)NN=CC=C2.[H-].[Na+]. The van der Waals surface area contributed by atoms with E-state index in [9.17, 15) is 4.79 Å². The molecule has 0 aliphatic carbocycles. The number of hydrazone groups is 1. The van der Waals surface area contributed by atoms with E-state index in [1.54, 1.807) is 30.5 Å². The Hall–Kier alpha value is -1.10. The number of aromatic carboxylic acids is 1. The van der Waals surface area contributed by atoms with Crippen molar-refractivity contribution in [1.29, 1.82) is 0 Å². The molecule has 1 aliphatic heterocycles. The van der Waals surface area contributed by atoms with Gasteiger partial charge in [0.15, 0.2) is 0 Å². The van der Waals surface area contributed by atoms with Crippen LogP contribution in [0.3, 0.4) is 0 Å². The van der Waals surface area contributed by atoms with Gasteiger partial charge in [0.1, 0.15) is 0 Å². The Morgan fingerprint density at radius 2 is 2.27 bits per heavy atom. The van der Waals surface area contributed by atoms with Crippen molar-refractivity contribution in [3.8, 4) is 0 Å². The minimum absolute atomic E-state index is 0. The first-order chi connectivity index (χ1) is 6.77. The predicted octanol–water partition coefficient (Wildman–Crippen LogP) is -1.07. The number of allylic oxidation sites excluding steroid dienone is 1. The van der Waals surface area contributed by atoms with Gasteiger partial charge in [-0.25, -0.2) is 4.79 Å². The molecule has 15 heavy (non-hydrogen) atoms. The van der Waals surface area contributed by atoms with Gasteiger partial charge in [-0.1, -0.05) is 12.1 Å². The van der Waals surface area contributed by atoms with E-state index in [-0.39, 0.29) is 36.5 Å². The van der Waals surface area contributed by atoms with E-state index in [4.69, 9.17) is 5.11 Å². The predicted molar refractivity (Wildman–Crippen MR) is 55.7 cm³/mol. The van der Waals surface area contributed by atoms with Crippen molar-refractivity contribution in [3.63, 3.8) is 0 Å². The number of hydrogen-bond donors (Lipinski definition) is 2. The van der Waals surface area contributed by atoms with Crippen LogP contribution in [0, 0.1) is 0 Å². The summed E-state index contributed by atoms with van der Waals surface area (Å²) < 4.78 is 0. The van der Waals surface area contributed by atoms with Crippen molar-refractivity contribution >= 4 is 23.9 Å². The van der Waals surface area contributed by atoms with E-state index < -0.39 is 5.97 Å². The van der Waals surface area contributed by atoms with Gasteiger partial charge in [-0.05, 0) is 23.8 Å². The topological polar surface area (TPSA) is 61.7 Å². The largest absolute Gasteiger partial charge is 1.00 e. The molecule has 0 unspecified atom stereocenters. The van der Waals surface area contributed by atoms with Gasteiger partial charge in [-0.3, -0.25) is 5.43 Å². The maximum absolute atomic E-state index is 10.7. The molecule has 0 amide bonds. The number of benzene rings is 1. The molecule has 2 rings (SSSR count). The molecule has 0 radical (unpaired) electrons. The Bertz CT molecular complexity index is 446. The average molecular weight is 212 g/mol. The summed E-state index contributed by atoms with van der Waals surface area (Å²) in [5, 5.41) is 12.6. The molecule has 1 aliphatic rings. The van der Waals surface area contributed by atoms with Crippen LogP contribution >= 0.6 is 0 Å². The van der Waals surface area contributed by atoms with Crippen molar-refractivity contribution in [1.82, 2.24) is 0 Å². The number of carbonyl (C=O) groups is 1. The fourth-order valence-corrected chi connectivity index (χ4v) is 1.23. The maximum Gasteiger partial charge on any atom is 1.00 e. The standard InChI is InChI=1S/C10H8N2O2.Na.H/c13-10(14)8-4-3-7-2-1-5-11-12-9(7)6-8;;/h1-6,12H,(H,13,14);;/q;+1;-1. The molecule has 0 fully saturated rings. The molecule has 2 N–H and O–H groups in total. The zero-order chi connectivity index (χ0) is 9.97. The Morgan fingerprint density at radius 3 is 3.00 bits per heavy atom. The smallest absolute Gasteiger partial charge is 1.00 e. The Kier molecular flexibility index (Phi) is 4.08. The van der Waals surface area contributed by atoms with Gasteiger partial charge in [0.25, 0.3) is 0 Å². The van der Waals surface area contributed by atoms with Gasteiger partial charge in [-0.2, -0.15) is 5.10 Å². The fraction of sp³-hybridized carbons (Fsp3) is 0. The van der Waals surface area contributed by atoms with Crippen LogP contribution in [0.5, 0.6) is 0 Å². The molecule has 1 heterocycles. The summed E-state index contributed by atoms with van der Waals surface area (Å²) in [4.78, 5) is 10.7. The second-order valence-electron chi connectivity index (χ2n) is 2.86. The normalized spacial score (nSPS) is 12.0. The Balaban J connectivity index is 0.00000112. The number of hydrogen-bond acceptors (Lipinski definition) is 3. The molecule has 0 bridgehead atoms. The van der Waals surface area contributed by atoms with Crippen LogP contribution in [-0.4, -0.2) is 17.3 Å². The zero-order valence-corrected chi connectivity index (χ0v) is 10.3. The molecule has 5 heteroatoms. The number of rotatable bonds is 1. The number of fused-ring (bicyclic) bond motifs is 1. The summed E-state index contributed by atoms with van der Waals surface area (Å²) >= 11 is 0. The number of nitrogens with zero attached hydrogens (tertiary/aromatic N) is 1. The van der Waals surface area contributed by atoms with Crippen LogP contribution in [-0.2, 0) is 0 Å². The monoisotopic (exact) mass is 212 g/mol. The molecular formula is C10H9N2NaO2. The van der Waals surface area contributed by atoms with Gasteiger partial charge < -0.3 is 6.53 Å². The van der Waals surface area contributed by atoms with Gasteiger partial charge in [0.05, 0.1) is 11.3 Å². The molecule has 0 spiro atoms. The van der Waals surface area contributed by atoms with Crippen LogP contribution in [0.15, 0.2) is 29.4 Å². The summed E-state index contributed by atoms with van der Waals surface area (Å²) in [7, 11) is 0. The summed E-state index contributed by atoms with van der Waals surface area (Å²) in [6.07, 6.45) is 5.27. The zero-order valence-electron chi connectivity index (χ0n) is 9.27. The molecule has 4 nitrogen and oxygen atoms in total. The van der Waals surface area contributed by atoms with Crippen LogP contribution in [0.2, 0.25) is 0 Å². The second-order valence-corrected chi connectivity index (χ2v) is 2.86. The van der Waals surface area contributed by atoms with Gasteiger partial charge >= 0.3 is 35.5 Å². The first-order valence-corrected chi connectivity index (χ1v) is 4.10. The number of carboxylic acids is 1. The minimum Gasteiger partial charge on any atom is -1.00 e. The van der Waals surface area contributed by atoms with Gasteiger partial charge in [0.2, 0.25) is 0 Å². The van der Waals surface area contributed by atoms with Crippen molar-refractivity contribution in [2.75, 3.05) is 5.43 Å². The third kappa shape index (κ3) is 2.68. The van der Waals surface area contributed by atoms with Crippen LogP contribution in [0.4, 0.5) is 5.69 Å². The average Bonchev–Trinajstić information content (AvgIpc) is 2.41. The third-order valence-corrected chi connectivity index (χ3v) is 1.92. The van der Waals surface area contributed by atoms with Crippen molar-refractivity contribution in [2.45, 2.75) is 0 Å². The maximum atomic E-state index is 10.7. The van der Waals surface area contributed by atoms with Crippen LogP contribution in [0.1, 0.15) is 17.3 Å². The molecule has 1 aromatic rings. The van der Waals surface area contributed by atoms with E-state index in [0.29, 0.717) is 5.69 Å². The summed E-state index contributed by atoms with van der Waals surface area (Å²) in [6.45, 7) is 0. The first-order valence-electron chi connectivity index (χ1n) is 4.10. The first kappa shape index (κ1) is 12.0. The molecule has 0 atom stereocenters. The quantitative estimate of drug-likeness (QED) is 0.582. The summed E-state index contributed by atoms with van der Waals surface area (Å²) in [5.74, 6) is -0.938. The van der Waals surface area contributed by atoms with Crippen molar-refractivity contribution in [3.05, 3.63) is 35.4 Å². The van der Waals surface area contributed by atoms with Gasteiger partial charge in [-0.15, -0.1) is 0 Å². The van der Waals surface area contributed by atoms with E-state index in [0.717, 1.165) is 5.56 Å². The van der Waals surface area contributed by atoms with E-state index in [1.807, 2.05) is 6.08 Å². The van der Waals surface area contributed by atoms with Gasteiger partial charge in [0, 0.05) is 6.21 Å². The second kappa shape index (κ2) is 5.11. The molecule has 1 aromatic carbocycles. The third-order valence-electron chi connectivity index (χ3n) is 1.92. The Morgan fingerprint density at radius 1 is 1.47 bits per heavy atom. The van der Waals surface area contributed by atoms with Crippen molar-refractivity contribution in [2.24, 2.45) is 5.10 Å². The van der Waals surface area contributed by atoms with Crippen LogP contribution in [0.25, 0.3) is 6.08 Å². The molecule has 0 saturated heterocycles. The van der Waals surface area contributed by atoms with E-state index in [2.05, 4.69) is 10.5 Å². The molecule has 0 aromatic heterocycles. The molecule has 0 saturated carbocycles. The number of nitrogens with one attached hydrogen (secondary N) is 1.